The van der Waals surface area contributed by atoms with Crippen LogP contribution in [-0.2, 0) is 19.4 Å². The number of carbonyl (C=O) groups excluding carboxylic acids is 1. The molecule has 2 atom stereocenters. The zero-order chi connectivity index (χ0) is 18.7. The van der Waals surface area contributed by atoms with Gasteiger partial charge in [-0.2, -0.15) is 0 Å². The van der Waals surface area contributed by atoms with Crippen LogP contribution < -0.4 is 0 Å². The van der Waals surface area contributed by atoms with Crippen LogP contribution in [0.15, 0.2) is 47.9 Å². The maximum Gasteiger partial charge on any atom is 0.302 e. The third-order valence-corrected chi connectivity index (χ3v) is 6.46. The zero-order valence-corrected chi connectivity index (χ0v) is 16.1. The van der Waals surface area contributed by atoms with E-state index in [9.17, 15) is 13.2 Å². The Kier molecular flexibility index (Phi) is 9.50. The predicted octanol–water partition coefficient (Wildman–Crippen LogP) is 4.70. The second-order valence-corrected chi connectivity index (χ2v) is 8.43. The van der Waals surface area contributed by atoms with Gasteiger partial charge in [-0.05, 0) is 44.2 Å². The summed E-state index contributed by atoms with van der Waals surface area (Å²) in [4.78, 5) is 11.8. The summed E-state index contributed by atoms with van der Waals surface area (Å²) in [7, 11) is -3.58. The molecule has 0 N–H and O–H groups in total. The number of carbonyl (C=O) groups is 1. The molecule has 25 heavy (non-hydrogen) atoms. The van der Waals surface area contributed by atoms with Crippen molar-refractivity contribution < 1.29 is 17.9 Å². The van der Waals surface area contributed by atoms with Crippen molar-refractivity contribution in [3.63, 3.8) is 0 Å². The average Bonchev–Trinajstić information content (AvgIpc) is 2.58. The Labute approximate surface area is 152 Å². The van der Waals surface area contributed by atoms with E-state index in [0.717, 1.165) is 25.7 Å². The van der Waals surface area contributed by atoms with E-state index in [1.54, 1.807) is 36.4 Å². The molecule has 2 unspecified atom stereocenters. The van der Waals surface area contributed by atoms with E-state index < -0.39 is 27.2 Å². The Morgan fingerprint density at radius 2 is 1.84 bits per heavy atom. The van der Waals surface area contributed by atoms with Crippen molar-refractivity contribution in [2.24, 2.45) is 0 Å². The first-order chi connectivity index (χ1) is 11.9. The topological polar surface area (TPSA) is 60.4 Å². The highest BCUT2D eigenvalue weighted by Gasteiger charge is 2.35. The molecule has 4 nitrogen and oxygen atoms in total. The van der Waals surface area contributed by atoms with Gasteiger partial charge in [0, 0.05) is 6.92 Å². The second kappa shape index (κ2) is 11.1. The molecule has 1 aromatic carbocycles. The Morgan fingerprint density at radius 3 is 2.40 bits per heavy atom. The van der Waals surface area contributed by atoms with Crippen molar-refractivity contribution in [3.05, 3.63) is 43.0 Å². The number of unbranched alkanes of at least 4 members (excludes halogenated alkanes) is 3. The first-order valence-electron chi connectivity index (χ1n) is 9.00. The van der Waals surface area contributed by atoms with E-state index in [1.807, 2.05) is 0 Å². The van der Waals surface area contributed by atoms with Crippen LogP contribution in [0, 0.1) is 0 Å². The molecule has 140 valence electrons. The Morgan fingerprint density at radius 1 is 1.16 bits per heavy atom. The lowest BCUT2D eigenvalue weighted by Crippen LogP contribution is -2.37. The fraction of sp³-hybridized carbons (Fsp3) is 0.550. The SMILES string of the molecule is C=CCCCC(C(CCCCC)OC(C)=O)S(=O)(=O)c1ccccc1. The summed E-state index contributed by atoms with van der Waals surface area (Å²) in [6, 6.07) is 8.42. The minimum absolute atomic E-state index is 0.284. The molecule has 0 radical (unpaired) electrons. The average molecular weight is 367 g/mol. The molecule has 0 bridgehead atoms. The van der Waals surface area contributed by atoms with Gasteiger partial charge < -0.3 is 4.74 Å². The summed E-state index contributed by atoms with van der Waals surface area (Å²) >= 11 is 0. The molecule has 1 aromatic rings. The van der Waals surface area contributed by atoms with E-state index in [1.165, 1.54) is 6.92 Å². The number of esters is 1. The van der Waals surface area contributed by atoms with Gasteiger partial charge >= 0.3 is 5.97 Å². The van der Waals surface area contributed by atoms with Gasteiger partial charge in [0.2, 0.25) is 0 Å². The first kappa shape index (κ1) is 21.4. The number of hydrogen-bond donors (Lipinski definition) is 0. The highest BCUT2D eigenvalue weighted by Crippen LogP contribution is 2.27. The lowest BCUT2D eigenvalue weighted by atomic mass is 10.0. The number of hydrogen-bond acceptors (Lipinski definition) is 4. The smallest absolute Gasteiger partial charge is 0.302 e. The summed E-state index contributed by atoms with van der Waals surface area (Å²) in [5.41, 5.74) is 0. The van der Waals surface area contributed by atoms with Crippen LogP contribution >= 0.6 is 0 Å². The van der Waals surface area contributed by atoms with Crippen molar-refractivity contribution in [1.82, 2.24) is 0 Å². The summed E-state index contributed by atoms with van der Waals surface area (Å²) < 4.78 is 31.8. The highest BCUT2D eigenvalue weighted by molar-refractivity contribution is 7.92. The van der Waals surface area contributed by atoms with Crippen LogP contribution in [0.1, 0.15) is 58.8 Å². The van der Waals surface area contributed by atoms with Crippen LogP contribution in [0.5, 0.6) is 0 Å². The van der Waals surface area contributed by atoms with Crippen LogP contribution in [-0.4, -0.2) is 25.7 Å². The maximum absolute atomic E-state index is 13.2. The Hall–Kier alpha value is -1.62. The Bertz CT molecular complexity index is 622. The molecule has 5 heteroatoms. The van der Waals surface area contributed by atoms with E-state index in [2.05, 4.69) is 13.5 Å². The molecular weight excluding hydrogens is 336 g/mol. The van der Waals surface area contributed by atoms with Crippen molar-refractivity contribution in [3.8, 4) is 0 Å². The van der Waals surface area contributed by atoms with Gasteiger partial charge in [-0.1, -0.05) is 44.0 Å². The number of sulfone groups is 1. The van der Waals surface area contributed by atoms with E-state index in [0.29, 0.717) is 19.3 Å². The minimum atomic E-state index is -3.58. The lowest BCUT2D eigenvalue weighted by Gasteiger charge is -2.27. The normalized spacial score (nSPS) is 13.8. The molecule has 0 saturated carbocycles. The van der Waals surface area contributed by atoms with Crippen LogP contribution in [0.2, 0.25) is 0 Å². The number of rotatable bonds is 12. The summed E-state index contributed by atoms with van der Waals surface area (Å²) in [5.74, 6) is -0.432. The third-order valence-electron chi connectivity index (χ3n) is 4.19. The summed E-state index contributed by atoms with van der Waals surface area (Å²) in [6.45, 7) is 7.12. The zero-order valence-electron chi connectivity index (χ0n) is 15.3. The molecule has 0 aromatic heterocycles. The molecule has 0 aliphatic rings. The molecule has 0 heterocycles. The van der Waals surface area contributed by atoms with Gasteiger partial charge in [-0.3, -0.25) is 4.79 Å². The minimum Gasteiger partial charge on any atom is -0.461 e. The molecule has 0 amide bonds. The summed E-state index contributed by atoms with van der Waals surface area (Å²) in [6.07, 6.45) is 6.49. The number of ether oxygens (including phenoxy) is 1. The quantitative estimate of drug-likeness (QED) is 0.306. The molecule has 0 saturated heterocycles. The van der Waals surface area contributed by atoms with Gasteiger partial charge in [0.25, 0.3) is 0 Å². The van der Waals surface area contributed by atoms with Gasteiger partial charge in [0.1, 0.15) is 11.4 Å². The second-order valence-electron chi connectivity index (χ2n) is 6.26. The van der Waals surface area contributed by atoms with Crippen molar-refractivity contribution in [1.29, 1.82) is 0 Å². The molecule has 0 fully saturated rings. The molecular formula is C20H30O4S. The van der Waals surface area contributed by atoms with Crippen LogP contribution in [0.4, 0.5) is 0 Å². The lowest BCUT2D eigenvalue weighted by molar-refractivity contribution is -0.146. The number of allylic oxidation sites excluding steroid dienone is 1. The monoisotopic (exact) mass is 366 g/mol. The van der Waals surface area contributed by atoms with E-state index in [4.69, 9.17) is 4.74 Å². The molecule has 0 aliphatic heterocycles. The van der Waals surface area contributed by atoms with Crippen LogP contribution in [0.3, 0.4) is 0 Å². The molecule has 1 rings (SSSR count). The van der Waals surface area contributed by atoms with Gasteiger partial charge in [-0.25, -0.2) is 8.42 Å². The van der Waals surface area contributed by atoms with Gasteiger partial charge in [0.15, 0.2) is 9.84 Å². The van der Waals surface area contributed by atoms with E-state index >= 15 is 0 Å². The first-order valence-corrected chi connectivity index (χ1v) is 10.5. The largest absolute Gasteiger partial charge is 0.461 e. The van der Waals surface area contributed by atoms with E-state index in [-0.39, 0.29) is 4.90 Å². The maximum atomic E-state index is 13.2. The standard InChI is InChI=1S/C20H30O4S/c1-4-6-9-15-19(24-17(3)21)20(16-10-7-5-2)25(22,23)18-13-11-8-12-14-18/h5,8,11-14,19-20H,2,4,6-7,9-10,15-16H2,1,3H3. The predicted molar refractivity (Wildman–Crippen MR) is 101 cm³/mol. The van der Waals surface area contributed by atoms with Gasteiger partial charge in [-0.15, -0.1) is 6.58 Å². The fourth-order valence-corrected chi connectivity index (χ4v) is 4.87. The van der Waals surface area contributed by atoms with Crippen molar-refractivity contribution in [2.45, 2.75) is 75.0 Å². The fourth-order valence-electron chi connectivity index (χ4n) is 2.92. The summed E-state index contributed by atoms with van der Waals surface area (Å²) in [5, 5.41) is -0.726. The van der Waals surface area contributed by atoms with Crippen LogP contribution in [0.25, 0.3) is 0 Å². The van der Waals surface area contributed by atoms with Crippen molar-refractivity contribution in [2.75, 3.05) is 0 Å². The van der Waals surface area contributed by atoms with Gasteiger partial charge in [0.05, 0.1) is 4.90 Å². The van der Waals surface area contributed by atoms with Crippen molar-refractivity contribution >= 4 is 15.8 Å². The number of benzene rings is 1. The molecule has 0 aliphatic carbocycles. The third kappa shape index (κ3) is 7.02. The highest BCUT2D eigenvalue weighted by atomic mass is 32.2. The molecule has 0 spiro atoms. The Balaban J connectivity index is 3.12.